The SMILES string of the molecule is CCCNc1cccc(N2CC(=O)Nc3ccccc32)n1. The molecule has 1 aliphatic heterocycles. The van der Waals surface area contributed by atoms with Crippen LogP contribution in [-0.2, 0) is 4.79 Å². The number of rotatable bonds is 4. The number of fused-ring (bicyclic) bond motifs is 1. The number of hydrogen-bond donors (Lipinski definition) is 2. The highest BCUT2D eigenvalue weighted by atomic mass is 16.2. The molecule has 0 spiro atoms. The summed E-state index contributed by atoms with van der Waals surface area (Å²) >= 11 is 0. The maximum Gasteiger partial charge on any atom is 0.244 e. The van der Waals surface area contributed by atoms with Gasteiger partial charge in [-0.15, -0.1) is 0 Å². The van der Waals surface area contributed by atoms with Crippen LogP contribution in [0.5, 0.6) is 0 Å². The van der Waals surface area contributed by atoms with Crippen molar-refractivity contribution in [3.8, 4) is 0 Å². The summed E-state index contributed by atoms with van der Waals surface area (Å²) in [7, 11) is 0. The van der Waals surface area contributed by atoms with Gasteiger partial charge in [0.15, 0.2) is 0 Å². The Morgan fingerprint density at radius 3 is 2.95 bits per heavy atom. The lowest BCUT2D eigenvalue weighted by Gasteiger charge is -2.30. The van der Waals surface area contributed by atoms with Gasteiger partial charge in [-0.05, 0) is 30.7 Å². The quantitative estimate of drug-likeness (QED) is 0.905. The van der Waals surface area contributed by atoms with E-state index >= 15 is 0 Å². The third-order valence-electron chi connectivity index (χ3n) is 3.34. The molecule has 5 heteroatoms. The first-order valence-electron chi connectivity index (χ1n) is 7.15. The van der Waals surface area contributed by atoms with Gasteiger partial charge in [0.2, 0.25) is 5.91 Å². The van der Waals surface area contributed by atoms with E-state index in [0.29, 0.717) is 0 Å². The zero-order chi connectivity index (χ0) is 14.7. The number of hydrogen-bond acceptors (Lipinski definition) is 4. The maximum absolute atomic E-state index is 11.9. The van der Waals surface area contributed by atoms with Gasteiger partial charge in [-0.3, -0.25) is 4.79 Å². The highest BCUT2D eigenvalue weighted by Crippen LogP contribution is 2.33. The van der Waals surface area contributed by atoms with Crippen molar-refractivity contribution in [3.63, 3.8) is 0 Å². The van der Waals surface area contributed by atoms with Gasteiger partial charge in [-0.25, -0.2) is 4.98 Å². The van der Waals surface area contributed by atoms with E-state index in [9.17, 15) is 4.79 Å². The van der Waals surface area contributed by atoms with Crippen LogP contribution in [0.15, 0.2) is 42.5 Å². The highest BCUT2D eigenvalue weighted by Gasteiger charge is 2.23. The van der Waals surface area contributed by atoms with E-state index in [2.05, 4.69) is 22.5 Å². The Bertz CT molecular complexity index is 656. The lowest BCUT2D eigenvalue weighted by atomic mass is 10.2. The summed E-state index contributed by atoms with van der Waals surface area (Å²) in [6.45, 7) is 3.27. The number of anilines is 4. The summed E-state index contributed by atoms with van der Waals surface area (Å²) in [5, 5.41) is 6.16. The number of pyridine rings is 1. The Labute approximate surface area is 124 Å². The fourth-order valence-electron chi connectivity index (χ4n) is 2.36. The van der Waals surface area contributed by atoms with Crippen LogP contribution in [0.1, 0.15) is 13.3 Å². The van der Waals surface area contributed by atoms with E-state index in [-0.39, 0.29) is 12.5 Å². The average Bonchev–Trinajstić information content (AvgIpc) is 2.52. The van der Waals surface area contributed by atoms with Crippen LogP contribution in [0.4, 0.5) is 23.0 Å². The van der Waals surface area contributed by atoms with Crippen molar-refractivity contribution in [2.45, 2.75) is 13.3 Å². The second kappa shape index (κ2) is 5.83. The van der Waals surface area contributed by atoms with Crippen LogP contribution in [0, 0.1) is 0 Å². The molecule has 1 amide bonds. The normalized spacial score (nSPS) is 13.6. The third kappa shape index (κ3) is 2.81. The fourth-order valence-corrected chi connectivity index (χ4v) is 2.36. The Balaban J connectivity index is 1.95. The van der Waals surface area contributed by atoms with Gasteiger partial charge in [-0.2, -0.15) is 0 Å². The predicted molar refractivity (Wildman–Crippen MR) is 85.1 cm³/mol. The van der Waals surface area contributed by atoms with Crippen LogP contribution >= 0.6 is 0 Å². The summed E-state index contributed by atoms with van der Waals surface area (Å²) < 4.78 is 0. The van der Waals surface area contributed by atoms with Crippen LogP contribution < -0.4 is 15.5 Å². The molecular formula is C16H18N4O. The van der Waals surface area contributed by atoms with Gasteiger partial charge in [0.05, 0.1) is 11.4 Å². The highest BCUT2D eigenvalue weighted by molar-refractivity contribution is 6.02. The second-order valence-electron chi connectivity index (χ2n) is 4.96. The number of amides is 1. The number of aromatic nitrogens is 1. The smallest absolute Gasteiger partial charge is 0.244 e. The first-order chi connectivity index (χ1) is 10.3. The van der Waals surface area contributed by atoms with Gasteiger partial charge in [0.25, 0.3) is 0 Å². The number of carbonyl (C=O) groups excluding carboxylic acids is 1. The zero-order valence-corrected chi connectivity index (χ0v) is 12.0. The van der Waals surface area contributed by atoms with Crippen molar-refractivity contribution in [2.75, 3.05) is 28.6 Å². The van der Waals surface area contributed by atoms with E-state index in [1.54, 1.807) is 0 Å². The molecular weight excluding hydrogens is 264 g/mol. The molecule has 0 bridgehead atoms. The topological polar surface area (TPSA) is 57.3 Å². The molecule has 2 heterocycles. The van der Waals surface area contributed by atoms with E-state index in [1.165, 1.54) is 0 Å². The summed E-state index contributed by atoms with van der Waals surface area (Å²) in [5.41, 5.74) is 1.79. The number of para-hydroxylation sites is 2. The third-order valence-corrected chi connectivity index (χ3v) is 3.34. The lowest BCUT2D eigenvalue weighted by molar-refractivity contribution is -0.115. The molecule has 0 atom stereocenters. The van der Waals surface area contributed by atoms with Crippen molar-refractivity contribution >= 4 is 28.9 Å². The van der Waals surface area contributed by atoms with E-state index in [1.807, 2.05) is 47.4 Å². The fraction of sp³-hybridized carbons (Fsp3) is 0.250. The number of nitrogens with zero attached hydrogens (tertiary/aromatic N) is 2. The Morgan fingerprint density at radius 2 is 2.10 bits per heavy atom. The minimum atomic E-state index is -0.0255. The standard InChI is InChI=1S/C16H18N4O/c1-2-10-17-14-8-5-9-15(19-14)20-11-16(21)18-12-6-3-4-7-13(12)20/h3-9H,2,10-11H2,1H3,(H,17,19)(H,18,21). The molecule has 2 N–H and O–H groups in total. The van der Waals surface area contributed by atoms with E-state index < -0.39 is 0 Å². The average molecular weight is 282 g/mol. The molecule has 0 saturated carbocycles. The molecule has 2 aromatic rings. The summed E-state index contributed by atoms with van der Waals surface area (Å²) in [6.07, 6.45) is 1.04. The minimum absolute atomic E-state index is 0.0255. The molecule has 1 aliphatic rings. The van der Waals surface area contributed by atoms with Crippen molar-refractivity contribution in [1.29, 1.82) is 0 Å². The van der Waals surface area contributed by atoms with Gasteiger partial charge >= 0.3 is 0 Å². The first kappa shape index (κ1) is 13.4. The monoisotopic (exact) mass is 282 g/mol. The molecule has 0 saturated heterocycles. The summed E-state index contributed by atoms with van der Waals surface area (Å²) in [6, 6.07) is 13.6. The van der Waals surface area contributed by atoms with Gasteiger partial charge in [0, 0.05) is 6.54 Å². The molecule has 0 unspecified atom stereocenters. The first-order valence-corrected chi connectivity index (χ1v) is 7.15. The van der Waals surface area contributed by atoms with E-state index in [4.69, 9.17) is 0 Å². The Hall–Kier alpha value is -2.56. The van der Waals surface area contributed by atoms with Crippen LogP contribution in [0.25, 0.3) is 0 Å². The van der Waals surface area contributed by atoms with Crippen LogP contribution in [0.2, 0.25) is 0 Å². The number of nitrogens with one attached hydrogen (secondary N) is 2. The molecule has 5 nitrogen and oxygen atoms in total. The van der Waals surface area contributed by atoms with Crippen molar-refractivity contribution < 1.29 is 4.79 Å². The van der Waals surface area contributed by atoms with Gasteiger partial charge in [-0.1, -0.05) is 25.1 Å². The number of carbonyl (C=O) groups is 1. The van der Waals surface area contributed by atoms with Gasteiger partial charge < -0.3 is 15.5 Å². The molecule has 0 radical (unpaired) electrons. The minimum Gasteiger partial charge on any atom is -0.370 e. The van der Waals surface area contributed by atoms with Crippen molar-refractivity contribution in [2.24, 2.45) is 0 Å². The van der Waals surface area contributed by atoms with Crippen LogP contribution in [0.3, 0.4) is 0 Å². The zero-order valence-electron chi connectivity index (χ0n) is 12.0. The Morgan fingerprint density at radius 1 is 1.24 bits per heavy atom. The predicted octanol–water partition coefficient (Wildman–Crippen LogP) is 2.99. The molecule has 0 fully saturated rings. The number of benzene rings is 1. The van der Waals surface area contributed by atoms with Gasteiger partial charge in [0.1, 0.15) is 18.2 Å². The molecule has 3 rings (SSSR count). The van der Waals surface area contributed by atoms with Crippen molar-refractivity contribution in [3.05, 3.63) is 42.5 Å². The maximum atomic E-state index is 11.9. The Kier molecular flexibility index (Phi) is 3.73. The molecule has 0 aliphatic carbocycles. The molecule has 108 valence electrons. The summed E-state index contributed by atoms with van der Waals surface area (Å²) in [5.74, 6) is 1.58. The molecule has 1 aromatic carbocycles. The second-order valence-corrected chi connectivity index (χ2v) is 4.96. The van der Waals surface area contributed by atoms with E-state index in [0.717, 1.165) is 36.0 Å². The van der Waals surface area contributed by atoms with Crippen LogP contribution in [-0.4, -0.2) is 24.0 Å². The van der Waals surface area contributed by atoms with Crippen molar-refractivity contribution in [1.82, 2.24) is 4.98 Å². The molecule has 21 heavy (non-hydrogen) atoms. The summed E-state index contributed by atoms with van der Waals surface area (Å²) in [4.78, 5) is 18.4. The largest absolute Gasteiger partial charge is 0.370 e. The lowest BCUT2D eigenvalue weighted by Crippen LogP contribution is -2.35. The molecule has 1 aromatic heterocycles.